The van der Waals surface area contributed by atoms with Crippen molar-refractivity contribution < 1.29 is 9.90 Å². The Morgan fingerprint density at radius 2 is 1.92 bits per heavy atom. The molecule has 76 valence electrons. The highest BCUT2D eigenvalue weighted by atomic mass is 32.2. The number of aliphatic hydroxyl groups is 1. The average molecular weight is 203 g/mol. The number of nitrogens with zero attached hydrogens (tertiary/aromatic N) is 1. The SMILES string of the molecule is CC1CN(C(=O)C(C)O)CC(C)S1. The zero-order valence-corrected chi connectivity index (χ0v) is 9.17. The van der Waals surface area contributed by atoms with Gasteiger partial charge in [-0.1, -0.05) is 13.8 Å². The van der Waals surface area contributed by atoms with E-state index in [1.54, 1.807) is 4.90 Å². The molecule has 3 nitrogen and oxygen atoms in total. The molecule has 3 unspecified atom stereocenters. The van der Waals surface area contributed by atoms with E-state index < -0.39 is 6.10 Å². The molecule has 1 heterocycles. The molecule has 1 amide bonds. The fourth-order valence-electron chi connectivity index (χ4n) is 1.62. The van der Waals surface area contributed by atoms with Crippen LogP contribution in [0.25, 0.3) is 0 Å². The van der Waals surface area contributed by atoms with Gasteiger partial charge in [0.15, 0.2) is 0 Å². The average Bonchev–Trinajstić information content (AvgIpc) is 2.01. The van der Waals surface area contributed by atoms with Crippen molar-refractivity contribution in [2.75, 3.05) is 13.1 Å². The molecule has 1 N–H and O–H groups in total. The van der Waals surface area contributed by atoms with Gasteiger partial charge in [0.1, 0.15) is 6.10 Å². The van der Waals surface area contributed by atoms with Crippen molar-refractivity contribution in [3.63, 3.8) is 0 Å². The lowest BCUT2D eigenvalue weighted by Gasteiger charge is -2.35. The molecule has 4 heteroatoms. The number of amides is 1. The van der Waals surface area contributed by atoms with Gasteiger partial charge in [-0.25, -0.2) is 0 Å². The van der Waals surface area contributed by atoms with E-state index >= 15 is 0 Å². The van der Waals surface area contributed by atoms with Crippen LogP contribution in [0.4, 0.5) is 0 Å². The maximum atomic E-state index is 11.5. The number of aliphatic hydroxyl groups excluding tert-OH is 1. The first kappa shape index (κ1) is 10.9. The smallest absolute Gasteiger partial charge is 0.251 e. The molecule has 13 heavy (non-hydrogen) atoms. The number of hydrogen-bond acceptors (Lipinski definition) is 3. The van der Waals surface area contributed by atoms with Gasteiger partial charge in [-0.3, -0.25) is 4.79 Å². The molecule has 0 spiro atoms. The second-order valence-corrected chi connectivity index (χ2v) is 5.56. The zero-order valence-electron chi connectivity index (χ0n) is 8.36. The summed E-state index contributed by atoms with van der Waals surface area (Å²) < 4.78 is 0. The van der Waals surface area contributed by atoms with E-state index in [4.69, 9.17) is 5.11 Å². The van der Waals surface area contributed by atoms with Crippen LogP contribution in [-0.4, -0.2) is 45.6 Å². The van der Waals surface area contributed by atoms with Crippen molar-refractivity contribution in [1.29, 1.82) is 0 Å². The van der Waals surface area contributed by atoms with E-state index in [0.717, 1.165) is 13.1 Å². The molecule has 0 aromatic rings. The van der Waals surface area contributed by atoms with Gasteiger partial charge in [0.2, 0.25) is 0 Å². The molecule has 0 radical (unpaired) electrons. The quantitative estimate of drug-likeness (QED) is 0.682. The lowest BCUT2D eigenvalue weighted by atomic mass is 10.2. The number of thioether (sulfide) groups is 1. The summed E-state index contributed by atoms with van der Waals surface area (Å²) in [6.07, 6.45) is -0.859. The monoisotopic (exact) mass is 203 g/mol. The minimum absolute atomic E-state index is 0.140. The Kier molecular flexibility index (Phi) is 3.62. The van der Waals surface area contributed by atoms with E-state index in [1.165, 1.54) is 6.92 Å². The molecular weight excluding hydrogens is 186 g/mol. The summed E-state index contributed by atoms with van der Waals surface area (Å²) in [4.78, 5) is 13.2. The van der Waals surface area contributed by atoms with Crippen molar-refractivity contribution in [3.05, 3.63) is 0 Å². The molecule has 1 saturated heterocycles. The van der Waals surface area contributed by atoms with Crippen LogP contribution in [-0.2, 0) is 4.79 Å². The van der Waals surface area contributed by atoms with Gasteiger partial charge >= 0.3 is 0 Å². The summed E-state index contributed by atoms with van der Waals surface area (Å²) >= 11 is 1.90. The van der Waals surface area contributed by atoms with Crippen LogP contribution < -0.4 is 0 Å². The highest BCUT2D eigenvalue weighted by Gasteiger charge is 2.27. The lowest BCUT2D eigenvalue weighted by molar-refractivity contribution is -0.139. The van der Waals surface area contributed by atoms with Crippen molar-refractivity contribution in [3.8, 4) is 0 Å². The Morgan fingerprint density at radius 1 is 1.46 bits per heavy atom. The molecule has 1 aliphatic rings. The summed E-state index contributed by atoms with van der Waals surface area (Å²) in [5.74, 6) is -0.140. The second-order valence-electron chi connectivity index (χ2n) is 3.68. The molecule has 0 saturated carbocycles. The Morgan fingerprint density at radius 3 is 2.31 bits per heavy atom. The van der Waals surface area contributed by atoms with Crippen LogP contribution in [0.5, 0.6) is 0 Å². The van der Waals surface area contributed by atoms with Gasteiger partial charge in [0.25, 0.3) is 5.91 Å². The van der Waals surface area contributed by atoms with E-state index in [9.17, 15) is 4.79 Å². The Balaban J connectivity index is 2.55. The number of carbonyl (C=O) groups excluding carboxylic acids is 1. The van der Waals surface area contributed by atoms with Crippen LogP contribution in [0.3, 0.4) is 0 Å². The summed E-state index contributed by atoms with van der Waals surface area (Å²) in [5.41, 5.74) is 0. The van der Waals surface area contributed by atoms with E-state index in [1.807, 2.05) is 11.8 Å². The standard InChI is InChI=1S/C9H17NO2S/c1-6-4-10(5-7(2)13-6)9(12)8(3)11/h6-8,11H,4-5H2,1-3H3. The molecule has 3 atom stereocenters. The molecule has 0 aromatic carbocycles. The predicted molar refractivity (Wildman–Crippen MR) is 54.8 cm³/mol. The van der Waals surface area contributed by atoms with Crippen LogP contribution in [0.2, 0.25) is 0 Å². The third-order valence-corrected chi connectivity index (χ3v) is 3.32. The van der Waals surface area contributed by atoms with E-state index in [-0.39, 0.29) is 5.91 Å². The first-order valence-electron chi connectivity index (χ1n) is 4.63. The van der Waals surface area contributed by atoms with Crippen LogP contribution in [0.1, 0.15) is 20.8 Å². The second kappa shape index (κ2) is 4.33. The molecule has 1 fully saturated rings. The molecule has 0 bridgehead atoms. The van der Waals surface area contributed by atoms with Crippen molar-refractivity contribution in [2.45, 2.75) is 37.4 Å². The van der Waals surface area contributed by atoms with Gasteiger partial charge in [0.05, 0.1) is 0 Å². The predicted octanol–water partition coefficient (Wildman–Crippen LogP) is 0.720. The summed E-state index contributed by atoms with van der Waals surface area (Å²) in [6.45, 7) is 7.28. The fourth-order valence-corrected chi connectivity index (χ4v) is 2.95. The maximum Gasteiger partial charge on any atom is 0.251 e. The van der Waals surface area contributed by atoms with Gasteiger partial charge in [-0.05, 0) is 6.92 Å². The number of carbonyl (C=O) groups is 1. The van der Waals surface area contributed by atoms with Crippen molar-refractivity contribution in [1.82, 2.24) is 4.90 Å². The number of hydrogen-bond donors (Lipinski definition) is 1. The van der Waals surface area contributed by atoms with Crippen LogP contribution in [0, 0.1) is 0 Å². The first-order chi connectivity index (χ1) is 6.00. The zero-order chi connectivity index (χ0) is 10.0. The Hall–Kier alpha value is -0.220. The van der Waals surface area contributed by atoms with Gasteiger partial charge in [-0.2, -0.15) is 11.8 Å². The van der Waals surface area contributed by atoms with Gasteiger partial charge in [0, 0.05) is 23.6 Å². The highest BCUT2D eigenvalue weighted by molar-refractivity contribution is 8.00. The highest BCUT2D eigenvalue weighted by Crippen LogP contribution is 2.24. The van der Waals surface area contributed by atoms with Gasteiger partial charge < -0.3 is 10.0 Å². The van der Waals surface area contributed by atoms with E-state index in [0.29, 0.717) is 10.5 Å². The summed E-state index contributed by atoms with van der Waals surface area (Å²) in [5, 5.41) is 10.1. The molecule has 1 rings (SSSR count). The Bertz CT molecular complexity index is 186. The lowest BCUT2D eigenvalue weighted by Crippen LogP contribution is -2.47. The van der Waals surface area contributed by atoms with Crippen molar-refractivity contribution >= 4 is 17.7 Å². The Labute approximate surface area is 83.5 Å². The fraction of sp³-hybridized carbons (Fsp3) is 0.889. The molecule has 1 aliphatic heterocycles. The first-order valence-corrected chi connectivity index (χ1v) is 5.57. The maximum absolute atomic E-state index is 11.5. The minimum atomic E-state index is -0.859. The van der Waals surface area contributed by atoms with Crippen molar-refractivity contribution in [2.24, 2.45) is 0 Å². The van der Waals surface area contributed by atoms with Crippen LogP contribution in [0.15, 0.2) is 0 Å². The molecule has 0 aliphatic carbocycles. The topological polar surface area (TPSA) is 40.5 Å². The third kappa shape index (κ3) is 2.88. The minimum Gasteiger partial charge on any atom is -0.384 e. The van der Waals surface area contributed by atoms with Crippen LogP contribution >= 0.6 is 11.8 Å². The van der Waals surface area contributed by atoms with Gasteiger partial charge in [-0.15, -0.1) is 0 Å². The summed E-state index contributed by atoms with van der Waals surface area (Å²) in [6, 6.07) is 0. The largest absolute Gasteiger partial charge is 0.384 e. The van der Waals surface area contributed by atoms with E-state index in [2.05, 4.69) is 13.8 Å². The molecular formula is C9H17NO2S. The molecule has 0 aromatic heterocycles. The number of rotatable bonds is 1. The third-order valence-electron chi connectivity index (χ3n) is 2.09. The normalized spacial score (nSPS) is 31.5. The summed E-state index contributed by atoms with van der Waals surface area (Å²) in [7, 11) is 0.